The van der Waals surface area contributed by atoms with Crippen molar-refractivity contribution < 1.29 is 4.79 Å². The highest BCUT2D eigenvalue weighted by Gasteiger charge is 2.31. The Morgan fingerprint density at radius 3 is 2.82 bits per heavy atom. The Kier molecular flexibility index (Phi) is 3.93. The van der Waals surface area contributed by atoms with Crippen molar-refractivity contribution in [3.05, 3.63) is 59.7 Å². The summed E-state index contributed by atoms with van der Waals surface area (Å²) in [5.41, 5.74) is 4.56. The summed E-state index contributed by atoms with van der Waals surface area (Å²) in [5, 5.41) is 0. The van der Waals surface area contributed by atoms with Crippen LogP contribution in [0.4, 0.5) is 0 Å². The molecule has 1 aliphatic rings. The molecule has 0 radical (unpaired) electrons. The van der Waals surface area contributed by atoms with Crippen LogP contribution in [0.3, 0.4) is 0 Å². The number of rotatable bonds is 2. The molecule has 142 valence electrons. The molecule has 1 aliphatic heterocycles. The molecule has 0 bridgehead atoms. The van der Waals surface area contributed by atoms with Crippen LogP contribution in [0.1, 0.15) is 47.3 Å². The van der Waals surface area contributed by atoms with Gasteiger partial charge in [-0.3, -0.25) is 4.79 Å². The first-order valence-corrected chi connectivity index (χ1v) is 9.80. The lowest BCUT2D eigenvalue weighted by atomic mass is 10.00. The number of nitrogens with zero attached hydrogens (tertiary/aromatic N) is 4. The van der Waals surface area contributed by atoms with Crippen molar-refractivity contribution in [2.45, 2.75) is 32.2 Å². The molecule has 1 N–H and O–H groups in total. The number of hydrogen-bond donors (Lipinski definition) is 1. The maximum Gasteiger partial charge on any atom is 0.254 e. The Bertz CT molecular complexity index is 1160. The highest BCUT2D eigenvalue weighted by molar-refractivity contribution is 5.97. The van der Waals surface area contributed by atoms with E-state index in [1.54, 1.807) is 0 Å². The summed E-state index contributed by atoms with van der Waals surface area (Å²) in [6, 6.07) is 13.8. The molecule has 1 fully saturated rings. The third-order valence-corrected chi connectivity index (χ3v) is 5.84. The minimum absolute atomic E-state index is 0.0187. The predicted octanol–water partition coefficient (Wildman–Crippen LogP) is 4.13. The number of nitrogens with one attached hydrogen (secondary N) is 1. The summed E-state index contributed by atoms with van der Waals surface area (Å²) in [5.74, 6) is 1.87. The quantitative estimate of drug-likeness (QED) is 0.575. The number of benzene rings is 2. The van der Waals surface area contributed by atoms with Gasteiger partial charge in [-0.25, -0.2) is 9.97 Å². The zero-order valence-corrected chi connectivity index (χ0v) is 16.1. The number of para-hydroxylation sites is 2. The van der Waals surface area contributed by atoms with E-state index < -0.39 is 0 Å². The van der Waals surface area contributed by atoms with E-state index in [-0.39, 0.29) is 11.9 Å². The van der Waals surface area contributed by atoms with Gasteiger partial charge in [-0.2, -0.15) is 0 Å². The van der Waals surface area contributed by atoms with Crippen LogP contribution in [-0.4, -0.2) is 36.9 Å². The lowest BCUT2D eigenvalue weighted by Crippen LogP contribution is -2.39. The molecular weight excluding hydrogens is 350 g/mol. The number of carbonyl (C=O) groups excluding carboxylic acids is 1. The van der Waals surface area contributed by atoms with Gasteiger partial charge in [0, 0.05) is 19.2 Å². The van der Waals surface area contributed by atoms with Gasteiger partial charge in [-0.05, 0) is 56.5 Å². The monoisotopic (exact) mass is 373 g/mol. The van der Waals surface area contributed by atoms with Crippen LogP contribution in [0.5, 0.6) is 0 Å². The summed E-state index contributed by atoms with van der Waals surface area (Å²) in [7, 11) is 1.99. The Labute approximate surface area is 163 Å². The fraction of sp³-hybridized carbons (Fsp3) is 0.318. The molecule has 0 saturated carbocycles. The van der Waals surface area contributed by atoms with Crippen molar-refractivity contribution in [2.75, 3.05) is 6.54 Å². The van der Waals surface area contributed by atoms with Gasteiger partial charge in [0.1, 0.15) is 11.6 Å². The molecule has 1 atom stereocenters. The first-order chi connectivity index (χ1) is 13.6. The van der Waals surface area contributed by atoms with Crippen LogP contribution in [0.2, 0.25) is 0 Å². The van der Waals surface area contributed by atoms with Gasteiger partial charge in [0.05, 0.1) is 28.1 Å². The lowest BCUT2D eigenvalue weighted by Gasteiger charge is -2.34. The third kappa shape index (κ3) is 2.68. The van der Waals surface area contributed by atoms with Gasteiger partial charge in [0.25, 0.3) is 5.91 Å². The summed E-state index contributed by atoms with van der Waals surface area (Å²) in [6.45, 7) is 2.73. The fourth-order valence-corrected chi connectivity index (χ4v) is 4.21. The van der Waals surface area contributed by atoms with Gasteiger partial charge >= 0.3 is 0 Å². The fourth-order valence-electron chi connectivity index (χ4n) is 4.21. The number of aryl methyl sites for hydroxylation is 2. The van der Waals surface area contributed by atoms with Crippen LogP contribution in [0.15, 0.2) is 42.5 Å². The smallest absolute Gasteiger partial charge is 0.254 e. The van der Waals surface area contributed by atoms with E-state index in [4.69, 9.17) is 4.98 Å². The van der Waals surface area contributed by atoms with Crippen molar-refractivity contribution in [3.8, 4) is 0 Å². The van der Waals surface area contributed by atoms with Crippen molar-refractivity contribution in [2.24, 2.45) is 7.05 Å². The average molecular weight is 373 g/mol. The van der Waals surface area contributed by atoms with Gasteiger partial charge < -0.3 is 14.5 Å². The molecule has 1 unspecified atom stereocenters. The van der Waals surface area contributed by atoms with Crippen LogP contribution < -0.4 is 0 Å². The maximum absolute atomic E-state index is 13.4. The summed E-state index contributed by atoms with van der Waals surface area (Å²) in [4.78, 5) is 28.1. The summed E-state index contributed by atoms with van der Waals surface area (Å²) < 4.78 is 2.04. The van der Waals surface area contributed by atoms with Crippen molar-refractivity contribution in [1.29, 1.82) is 0 Å². The summed E-state index contributed by atoms with van der Waals surface area (Å²) in [6.07, 6.45) is 3.05. The average Bonchev–Trinajstić information content (AvgIpc) is 3.28. The largest absolute Gasteiger partial charge is 0.340 e. The van der Waals surface area contributed by atoms with E-state index >= 15 is 0 Å². The van der Waals surface area contributed by atoms with Crippen LogP contribution in [0, 0.1) is 6.92 Å². The number of hydrogen-bond acceptors (Lipinski definition) is 3. The number of piperidine rings is 1. The van der Waals surface area contributed by atoms with Crippen LogP contribution in [0.25, 0.3) is 22.1 Å². The Morgan fingerprint density at radius 1 is 1.11 bits per heavy atom. The molecule has 1 amide bonds. The van der Waals surface area contributed by atoms with Gasteiger partial charge in [-0.15, -0.1) is 0 Å². The summed E-state index contributed by atoms with van der Waals surface area (Å²) >= 11 is 0. The van der Waals surface area contributed by atoms with Crippen molar-refractivity contribution in [1.82, 2.24) is 24.4 Å². The molecule has 1 saturated heterocycles. The molecule has 4 aromatic rings. The Hall–Kier alpha value is -3.15. The lowest BCUT2D eigenvalue weighted by molar-refractivity contribution is 0.0601. The molecule has 28 heavy (non-hydrogen) atoms. The van der Waals surface area contributed by atoms with Gasteiger partial charge in [0.15, 0.2) is 0 Å². The molecule has 3 heterocycles. The van der Waals surface area contributed by atoms with Crippen LogP contribution >= 0.6 is 0 Å². The number of likely N-dealkylation sites (tertiary alicyclic amines) is 1. The van der Waals surface area contributed by atoms with E-state index in [0.29, 0.717) is 5.56 Å². The Balaban J connectivity index is 1.51. The number of imidazole rings is 2. The van der Waals surface area contributed by atoms with Crippen molar-refractivity contribution >= 4 is 28.0 Å². The zero-order valence-electron chi connectivity index (χ0n) is 16.1. The minimum Gasteiger partial charge on any atom is -0.340 e. The molecule has 0 spiro atoms. The molecule has 2 aromatic heterocycles. The van der Waals surface area contributed by atoms with E-state index in [1.807, 2.05) is 65.9 Å². The number of amides is 1. The second-order valence-electron chi connectivity index (χ2n) is 7.57. The standard InChI is InChI=1S/C22H23N5O/c1-14-23-18-13-15(10-11-19(18)26(14)2)22(28)27-12-6-5-9-20(27)21-24-16-7-3-4-8-17(16)25-21/h3-4,7-8,10-11,13,20H,5-6,9,12H2,1-2H3,(H,24,25). The maximum atomic E-state index is 13.4. The van der Waals surface area contributed by atoms with Gasteiger partial charge in [-0.1, -0.05) is 12.1 Å². The first kappa shape index (κ1) is 17.0. The second kappa shape index (κ2) is 6.48. The molecular formula is C22H23N5O. The third-order valence-electron chi connectivity index (χ3n) is 5.84. The number of H-pyrrole nitrogens is 1. The zero-order chi connectivity index (χ0) is 19.3. The minimum atomic E-state index is -0.0187. The van der Waals surface area contributed by atoms with E-state index in [0.717, 1.165) is 59.5 Å². The van der Waals surface area contributed by atoms with E-state index in [1.165, 1.54) is 0 Å². The number of carbonyl (C=O) groups is 1. The molecule has 6 nitrogen and oxygen atoms in total. The Morgan fingerprint density at radius 2 is 1.96 bits per heavy atom. The number of aromatic nitrogens is 4. The van der Waals surface area contributed by atoms with Crippen LogP contribution in [-0.2, 0) is 7.05 Å². The van der Waals surface area contributed by atoms with Gasteiger partial charge in [0.2, 0.25) is 0 Å². The second-order valence-corrected chi connectivity index (χ2v) is 7.57. The molecule has 2 aromatic carbocycles. The van der Waals surface area contributed by atoms with E-state index in [2.05, 4.69) is 9.97 Å². The number of aromatic amines is 1. The highest BCUT2D eigenvalue weighted by Crippen LogP contribution is 2.32. The molecule has 0 aliphatic carbocycles. The van der Waals surface area contributed by atoms with E-state index in [9.17, 15) is 4.79 Å². The predicted molar refractivity (Wildman–Crippen MR) is 109 cm³/mol. The molecule has 5 rings (SSSR count). The highest BCUT2D eigenvalue weighted by atomic mass is 16.2. The topological polar surface area (TPSA) is 66.8 Å². The SMILES string of the molecule is Cc1nc2cc(C(=O)N3CCCCC3c3nc4ccccc4[nH]3)ccc2n1C. The number of fused-ring (bicyclic) bond motifs is 2. The van der Waals surface area contributed by atoms with Crippen molar-refractivity contribution in [3.63, 3.8) is 0 Å². The molecule has 6 heteroatoms. The first-order valence-electron chi connectivity index (χ1n) is 9.80. The normalized spacial score (nSPS) is 17.5.